The normalized spacial score (nSPS) is 20.3. The van der Waals surface area contributed by atoms with Gasteiger partial charge in [0.25, 0.3) is 5.69 Å². The molecule has 3 rings (SSSR count). The van der Waals surface area contributed by atoms with Crippen molar-refractivity contribution in [2.24, 2.45) is 22.7 Å². The lowest BCUT2D eigenvalue weighted by atomic mass is 9.93. The number of piperidine rings is 1. The molecule has 9 nitrogen and oxygen atoms in total. The van der Waals surface area contributed by atoms with Crippen LogP contribution in [0.5, 0.6) is 0 Å². The van der Waals surface area contributed by atoms with Crippen LogP contribution in [-0.2, 0) is 4.79 Å². The van der Waals surface area contributed by atoms with Gasteiger partial charge < -0.3 is 28.9 Å². The predicted octanol–water partition coefficient (Wildman–Crippen LogP) is -2.57. The van der Waals surface area contributed by atoms with Crippen LogP contribution in [0.1, 0.15) is 31.7 Å². The van der Waals surface area contributed by atoms with Crippen LogP contribution in [0.3, 0.4) is 0 Å². The number of nitrogens with two attached hydrogens (primary N) is 1. The smallest absolute Gasteiger partial charge is 0.301 e. The number of amides is 1. The molecule has 30 heavy (non-hydrogen) atoms. The van der Waals surface area contributed by atoms with E-state index in [1.54, 1.807) is 12.1 Å². The fourth-order valence-electron chi connectivity index (χ4n) is 3.79. The summed E-state index contributed by atoms with van der Waals surface area (Å²) in [5.41, 5.74) is 10.3. The van der Waals surface area contributed by atoms with Crippen molar-refractivity contribution in [2.45, 2.75) is 26.2 Å². The minimum atomic E-state index is -0.340. The van der Waals surface area contributed by atoms with Crippen LogP contribution in [0.25, 0.3) is 0 Å². The first-order valence-corrected chi connectivity index (χ1v) is 10.9. The summed E-state index contributed by atoms with van der Waals surface area (Å²) in [6.07, 6.45) is 4.16. The second kappa shape index (κ2) is 10.9. The van der Waals surface area contributed by atoms with Crippen molar-refractivity contribution >= 4 is 39.9 Å². The topological polar surface area (TPSA) is 128 Å². The number of nitrogens with one attached hydrogen (secondary N) is 2. The van der Waals surface area contributed by atoms with Crippen LogP contribution in [0.15, 0.2) is 23.3 Å². The number of thioether (sulfide) groups is 1. The molecule has 1 aromatic carbocycles. The van der Waals surface area contributed by atoms with Gasteiger partial charge in [0, 0.05) is 37.1 Å². The first kappa shape index (κ1) is 24.4. The summed E-state index contributed by atoms with van der Waals surface area (Å²) >= 11 is 1.49. The van der Waals surface area contributed by atoms with E-state index < -0.39 is 0 Å². The monoisotopic (exact) mass is 546 g/mol. The molecule has 2 aliphatic heterocycles. The molecule has 11 heteroatoms. The van der Waals surface area contributed by atoms with E-state index in [0.717, 1.165) is 37.6 Å². The zero-order chi connectivity index (χ0) is 21.0. The Kier molecular flexibility index (Phi) is 8.89. The molecule has 1 atom stereocenters. The first-order chi connectivity index (χ1) is 13.9. The van der Waals surface area contributed by atoms with Crippen LogP contribution < -0.4 is 45.0 Å². The van der Waals surface area contributed by atoms with Gasteiger partial charge in [0.1, 0.15) is 5.69 Å². The number of carbonyl (C=O) groups excluding carboxylic acids is 1. The zero-order valence-corrected chi connectivity index (χ0v) is 20.0. The summed E-state index contributed by atoms with van der Waals surface area (Å²) in [4.78, 5) is 28.2. The molecule has 2 heterocycles. The van der Waals surface area contributed by atoms with E-state index in [1.807, 2.05) is 19.2 Å². The SMILES string of the molecule is CSC(N)=[NH+]CC1CCN(c2ccc(C3=NNC(=O)CC3C)cc2[N+](=O)[O-])CC1.[I-]. The number of anilines is 1. The molecule has 0 radical (unpaired) electrons. The lowest BCUT2D eigenvalue weighted by Gasteiger charge is -2.32. The van der Waals surface area contributed by atoms with Gasteiger partial charge in [0.05, 0.1) is 17.2 Å². The summed E-state index contributed by atoms with van der Waals surface area (Å²) in [6.45, 7) is 4.25. The molecule has 1 fully saturated rings. The van der Waals surface area contributed by atoms with Gasteiger partial charge in [-0.15, -0.1) is 0 Å². The number of halogens is 1. The number of hydrogen-bond donors (Lipinski definition) is 3. The molecule has 0 saturated carbocycles. The highest BCUT2D eigenvalue weighted by Crippen LogP contribution is 2.33. The maximum Gasteiger partial charge on any atom is 0.301 e. The van der Waals surface area contributed by atoms with E-state index in [2.05, 4.69) is 20.4 Å². The molecule has 0 spiro atoms. The molecule has 1 aromatic rings. The quantitative estimate of drug-likeness (QED) is 0.123. The molecule has 164 valence electrons. The number of benzene rings is 1. The number of amidine groups is 1. The lowest BCUT2D eigenvalue weighted by molar-refractivity contribution is -0.464. The van der Waals surface area contributed by atoms with Crippen LogP contribution in [-0.4, -0.2) is 47.6 Å². The summed E-state index contributed by atoms with van der Waals surface area (Å²) < 4.78 is 0. The number of hydrogen-bond acceptors (Lipinski definition) is 6. The van der Waals surface area contributed by atoms with Gasteiger partial charge >= 0.3 is 5.17 Å². The van der Waals surface area contributed by atoms with Gasteiger partial charge in [-0.2, -0.15) is 5.10 Å². The standard InChI is InChI=1S/C19H26N6O3S.HI/c1-12-9-17(26)22-23-18(12)14-3-4-15(16(10-14)25(27)28)24-7-5-13(6-8-24)11-21-19(20)29-2;/h3-4,10,12-13H,5-9,11H2,1-2H3,(H2,20,21)(H,22,26);1H. The average Bonchev–Trinajstić information content (AvgIpc) is 2.72. The minimum Gasteiger partial charge on any atom is -1.00 e. The molecule has 4 N–H and O–H groups in total. The maximum absolute atomic E-state index is 11.7. The van der Waals surface area contributed by atoms with Crippen LogP contribution in [0.4, 0.5) is 11.4 Å². The second-order valence-corrected chi connectivity index (χ2v) is 8.33. The first-order valence-electron chi connectivity index (χ1n) is 9.69. The average molecular weight is 546 g/mol. The number of nitrogens with zero attached hydrogens (tertiary/aromatic N) is 3. The van der Waals surface area contributed by atoms with Crippen molar-refractivity contribution < 1.29 is 38.7 Å². The molecule has 1 amide bonds. The van der Waals surface area contributed by atoms with Gasteiger partial charge in [-0.05, 0) is 42.8 Å². The van der Waals surface area contributed by atoms with E-state index in [4.69, 9.17) is 5.73 Å². The molecular formula is C19H27IN6O3S. The van der Waals surface area contributed by atoms with Gasteiger partial charge in [0.2, 0.25) is 5.91 Å². The fourth-order valence-corrected chi connectivity index (χ4v) is 4.02. The summed E-state index contributed by atoms with van der Waals surface area (Å²) in [5.74, 6) is 0.279. The van der Waals surface area contributed by atoms with Crippen molar-refractivity contribution in [3.8, 4) is 0 Å². The maximum atomic E-state index is 11.7. The van der Waals surface area contributed by atoms with E-state index in [9.17, 15) is 14.9 Å². The van der Waals surface area contributed by atoms with Gasteiger partial charge in [-0.25, -0.2) is 5.43 Å². The number of nitro groups is 1. The van der Waals surface area contributed by atoms with E-state index in [1.165, 1.54) is 11.8 Å². The third kappa shape index (κ3) is 5.84. The van der Waals surface area contributed by atoms with Crippen LogP contribution >= 0.6 is 11.8 Å². The lowest BCUT2D eigenvalue weighted by Crippen LogP contribution is -3.00. The number of rotatable bonds is 5. The van der Waals surface area contributed by atoms with Gasteiger partial charge in [-0.1, -0.05) is 13.0 Å². The minimum absolute atomic E-state index is 0. The van der Waals surface area contributed by atoms with Crippen molar-refractivity contribution in [3.05, 3.63) is 33.9 Å². The van der Waals surface area contributed by atoms with E-state index in [-0.39, 0.29) is 46.4 Å². The predicted molar refractivity (Wildman–Crippen MR) is 115 cm³/mol. The molecule has 0 aromatic heterocycles. The van der Waals surface area contributed by atoms with Crippen molar-refractivity contribution in [2.75, 3.05) is 30.8 Å². The molecule has 0 aliphatic carbocycles. The molecular weight excluding hydrogens is 519 g/mol. The summed E-state index contributed by atoms with van der Waals surface area (Å²) in [6, 6.07) is 5.23. The molecule has 1 saturated heterocycles. The Morgan fingerprint density at radius 1 is 1.43 bits per heavy atom. The Morgan fingerprint density at radius 3 is 2.73 bits per heavy atom. The number of nitro benzene ring substituents is 1. The third-order valence-corrected chi connectivity index (χ3v) is 6.05. The highest BCUT2D eigenvalue weighted by atomic mass is 127. The fraction of sp³-hybridized carbons (Fsp3) is 0.526. The second-order valence-electron chi connectivity index (χ2n) is 7.48. The third-order valence-electron chi connectivity index (χ3n) is 5.47. The Bertz CT molecular complexity index is 855. The molecule has 1 unspecified atom stereocenters. The van der Waals surface area contributed by atoms with Crippen molar-refractivity contribution in [3.63, 3.8) is 0 Å². The summed E-state index contributed by atoms with van der Waals surface area (Å²) in [5, 5.41) is 16.6. The largest absolute Gasteiger partial charge is 1.00 e. The highest BCUT2D eigenvalue weighted by molar-refractivity contribution is 8.12. The van der Waals surface area contributed by atoms with E-state index >= 15 is 0 Å². The van der Waals surface area contributed by atoms with Gasteiger partial charge in [0.15, 0.2) is 0 Å². The highest BCUT2D eigenvalue weighted by Gasteiger charge is 2.28. The van der Waals surface area contributed by atoms with E-state index in [0.29, 0.717) is 29.3 Å². The van der Waals surface area contributed by atoms with Crippen LogP contribution in [0.2, 0.25) is 0 Å². The zero-order valence-electron chi connectivity index (χ0n) is 17.1. The summed E-state index contributed by atoms with van der Waals surface area (Å²) in [7, 11) is 0. The van der Waals surface area contributed by atoms with Crippen LogP contribution in [0, 0.1) is 22.0 Å². The Hall–Kier alpha value is -1.89. The van der Waals surface area contributed by atoms with Gasteiger partial charge in [-0.3, -0.25) is 25.6 Å². The Morgan fingerprint density at radius 2 is 2.13 bits per heavy atom. The Balaban J connectivity index is 0.00000320. The Labute approximate surface area is 197 Å². The number of carbonyl (C=O) groups is 1. The number of hydrazone groups is 1. The molecule has 2 aliphatic rings. The van der Waals surface area contributed by atoms with Crippen molar-refractivity contribution in [1.82, 2.24) is 5.43 Å². The molecule has 0 bridgehead atoms. The van der Waals surface area contributed by atoms with Crippen molar-refractivity contribution in [1.29, 1.82) is 0 Å².